The third kappa shape index (κ3) is 7.38. The number of hydrogen-bond donors (Lipinski definition) is 3. The number of aliphatic hydroxyl groups excluding tert-OH is 3. The quantitative estimate of drug-likeness (QED) is 0.397. The predicted molar refractivity (Wildman–Crippen MR) is 81.1 cm³/mol. The maximum absolute atomic E-state index is 9.83. The van der Waals surface area contributed by atoms with E-state index in [-0.39, 0.29) is 13.2 Å². The standard InChI is InChI=1S/C16H30O5/c1-2-3-4-5-6-7-8-9-10-20-11-14(18)16-15(19)13(17)12-21-16/h6-7,13-19H,2-5,8-12H2,1H3/b7-6+/t13-,14+,15-,16-/m0/s1. The molecule has 3 N–H and O–H groups in total. The van der Waals surface area contributed by atoms with Crippen LogP contribution in [0, 0.1) is 0 Å². The van der Waals surface area contributed by atoms with Gasteiger partial charge in [0.05, 0.1) is 13.2 Å². The Morgan fingerprint density at radius 3 is 2.52 bits per heavy atom. The van der Waals surface area contributed by atoms with E-state index in [1.807, 2.05) is 0 Å². The molecule has 0 unspecified atom stereocenters. The first-order valence-electron chi connectivity index (χ1n) is 8.05. The summed E-state index contributed by atoms with van der Waals surface area (Å²) in [5, 5.41) is 28.7. The Bertz CT molecular complexity index is 282. The molecule has 0 radical (unpaired) electrons. The molecule has 0 saturated carbocycles. The van der Waals surface area contributed by atoms with Crippen LogP contribution in [-0.2, 0) is 9.47 Å². The molecule has 0 aromatic carbocycles. The number of aliphatic hydroxyl groups is 3. The van der Waals surface area contributed by atoms with Gasteiger partial charge in [0.2, 0.25) is 0 Å². The summed E-state index contributed by atoms with van der Waals surface area (Å²) in [6.45, 7) is 2.95. The molecule has 124 valence electrons. The van der Waals surface area contributed by atoms with Gasteiger partial charge < -0.3 is 24.8 Å². The van der Waals surface area contributed by atoms with Crippen molar-refractivity contribution in [1.82, 2.24) is 0 Å². The second-order valence-corrected chi connectivity index (χ2v) is 5.61. The molecule has 1 aliphatic heterocycles. The van der Waals surface area contributed by atoms with Gasteiger partial charge in [0, 0.05) is 6.61 Å². The van der Waals surface area contributed by atoms with Gasteiger partial charge in [0.15, 0.2) is 0 Å². The van der Waals surface area contributed by atoms with Crippen LogP contribution >= 0.6 is 0 Å². The molecular formula is C16H30O5. The summed E-state index contributed by atoms with van der Waals surface area (Å²) in [5.41, 5.74) is 0. The topological polar surface area (TPSA) is 79.2 Å². The van der Waals surface area contributed by atoms with Crippen LogP contribution in [0.2, 0.25) is 0 Å². The van der Waals surface area contributed by atoms with Gasteiger partial charge in [-0.15, -0.1) is 0 Å². The maximum Gasteiger partial charge on any atom is 0.114 e. The lowest BCUT2D eigenvalue weighted by Crippen LogP contribution is -2.40. The van der Waals surface area contributed by atoms with Gasteiger partial charge in [-0.1, -0.05) is 31.9 Å². The van der Waals surface area contributed by atoms with Gasteiger partial charge in [-0.2, -0.15) is 0 Å². The van der Waals surface area contributed by atoms with Crippen LogP contribution in [0.15, 0.2) is 12.2 Å². The van der Waals surface area contributed by atoms with Crippen molar-refractivity contribution in [1.29, 1.82) is 0 Å². The lowest BCUT2D eigenvalue weighted by Gasteiger charge is -2.20. The first-order valence-corrected chi connectivity index (χ1v) is 8.05. The third-order valence-corrected chi connectivity index (χ3v) is 3.66. The fourth-order valence-electron chi connectivity index (χ4n) is 2.31. The first kappa shape index (κ1) is 18.6. The lowest BCUT2D eigenvalue weighted by atomic mass is 10.1. The van der Waals surface area contributed by atoms with E-state index in [9.17, 15) is 15.3 Å². The highest BCUT2D eigenvalue weighted by molar-refractivity contribution is 4.87. The van der Waals surface area contributed by atoms with Gasteiger partial charge in [-0.3, -0.25) is 0 Å². The Morgan fingerprint density at radius 1 is 1.19 bits per heavy atom. The van der Waals surface area contributed by atoms with Crippen molar-refractivity contribution in [2.24, 2.45) is 0 Å². The molecule has 0 amide bonds. The minimum absolute atomic E-state index is 0.0612. The summed E-state index contributed by atoms with van der Waals surface area (Å²) < 4.78 is 10.5. The van der Waals surface area contributed by atoms with Crippen LogP contribution in [0.4, 0.5) is 0 Å². The Balaban J connectivity index is 1.96. The predicted octanol–water partition coefficient (Wildman–Crippen LogP) is 1.40. The molecule has 0 spiro atoms. The van der Waals surface area contributed by atoms with E-state index < -0.39 is 24.4 Å². The number of unbranched alkanes of at least 4 members (excludes halogenated alkanes) is 4. The van der Waals surface area contributed by atoms with Crippen molar-refractivity contribution >= 4 is 0 Å². The summed E-state index contributed by atoms with van der Waals surface area (Å²) in [5.74, 6) is 0. The second kappa shape index (κ2) is 11.2. The van der Waals surface area contributed by atoms with E-state index in [1.54, 1.807) is 0 Å². The maximum atomic E-state index is 9.83. The average molecular weight is 302 g/mol. The van der Waals surface area contributed by atoms with E-state index in [0.717, 1.165) is 19.3 Å². The zero-order valence-corrected chi connectivity index (χ0v) is 13.0. The van der Waals surface area contributed by atoms with Gasteiger partial charge >= 0.3 is 0 Å². The van der Waals surface area contributed by atoms with Crippen LogP contribution in [-0.4, -0.2) is 59.6 Å². The van der Waals surface area contributed by atoms with E-state index in [4.69, 9.17) is 9.47 Å². The average Bonchev–Trinajstić information content (AvgIpc) is 2.81. The molecule has 1 saturated heterocycles. The summed E-state index contributed by atoms with van der Waals surface area (Å²) in [6, 6.07) is 0. The minimum Gasteiger partial charge on any atom is -0.388 e. The monoisotopic (exact) mass is 302 g/mol. The van der Waals surface area contributed by atoms with E-state index in [0.29, 0.717) is 6.61 Å². The Labute approximate surface area is 127 Å². The van der Waals surface area contributed by atoms with Gasteiger partial charge in [0.1, 0.15) is 24.4 Å². The molecule has 21 heavy (non-hydrogen) atoms. The summed E-state index contributed by atoms with van der Waals surface area (Å²) in [7, 11) is 0. The highest BCUT2D eigenvalue weighted by Gasteiger charge is 2.39. The fraction of sp³-hybridized carbons (Fsp3) is 0.875. The zero-order chi connectivity index (χ0) is 15.5. The minimum atomic E-state index is -1.03. The van der Waals surface area contributed by atoms with Crippen molar-refractivity contribution in [3.8, 4) is 0 Å². The number of allylic oxidation sites excluding steroid dienone is 2. The Kier molecular flexibility index (Phi) is 9.87. The van der Waals surface area contributed by atoms with Crippen molar-refractivity contribution in [2.45, 2.75) is 69.9 Å². The van der Waals surface area contributed by atoms with E-state index >= 15 is 0 Å². The van der Waals surface area contributed by atoms with Crippen LogP contribution in [0.5, 0.6) is 0 Å². The van der Waals surface area contributed by atoms with Crippen molar-refractivity contribution in [3.05, 3.63) is 12.2 Å². The molecule has 1 fully saturated rings. The van der Waals surface area contributed by atoms with Crippen LogP contribution < -0.4 is 0 Å². The molecule has 5 nitrogen and oxygen atoms in total. The number of rotatable bonds is 11. The smallest absolute Gasteiger partial charge is 0.114 e. The fourth-order valence-corrected chi connectivity index (χ4v) is 2.31. The van der Waals surface area contributed by atoms with Gasteiger partial charge in [-0.25, -0.2) is 0 Å². The zero-order valence-electron chi connectivity index (χ0n) is 13.0. The molecule has 0 bridgehead atoms. The molecule has 1 heterocycles. The SMILES string of the molecule is CCCCC/C=C/CCCOC[C@@H](O)[C@@H]1OC[C@H](O)[C@@H]1O. The number of hydrogen-bond acceptors (Lipinski definition) is 5. The molecule has 5 heteroatoms. The normalized spacial score (nSPS) is 27.5. The van der Waals surface area contributed by atoms with E-state index in [1.165, 1.54) is 19.3 Å². The highest BCUT2D eigenvalue weighted by atomic mass is 16.5. The molecule has 1 aliphatic rings. The molecule has 4 atom stereocenters. The summed E-state index contributed by atoms with van der Waals surface area (Å²) in [6.07, 6.45) is 7.62. The van der Waals surface area contributed by atoms with Crippen LogP contribution in [0.1, 0.15) is 45.4 Å². The molecule has 1 rings (SSSR count). The molecule has 0 aromatic heterocycles. The lowest BCUT2D eigenvalue weighted by molar-refractivity contribution is -0.0811. The second-order valence-electron chi connectivity index (χ2n) is 5.61. The largest absolute Gasteiger partial charge is 0.388 e. The third-order valence-electron chi connectivity index (χ3n) is 3.66. The Hall–Kier alpha value is -0.460. The summed E-state index contributed by atoms with van der Waals surface area (Å²) in [4.78, 5) is 0. The van der Waals surface area contributed by atoms with Crippen molar-refractivity contribution in [2.75, 3.05) is 19.8 Å². The van der Waals surface area contributed by atoms with Crippen LogP contribution in [0.25, 0.3) is 0 Å². The Morgan fingerprint density at radius 2 is 1.90 bits per heavy atom. The highest BCUT2D eigenvalue weighted by Crippen LogP contribution is 2.17. The van der Waals surface area contributed by atoms with Crippen molar-refractivity contribution in [3.63, 3.8) is 0 Å². The molecule has 0 aromatic rings. The van der Waals surface area contributed by atoms with Crippen molar-refractivity contribution < 1.29 is 24.8 Å². The van der Waals surface area contributed by atoms with Crippen LogP contribution in [0.3, 0.4) is 0 Å². The van der Waals surface area contributed by atoms with Gasteiger partial charge in [-0.05, 0) is 25.7 Å². The molecule has 0 aliphatic carbocycles. The van der Waals surface area contributed by atoms with E-state index in [2.05, 4.69) is 19.1 Å². The molecular weight excluding hydrogens is 272 g/mol. The van der Waals surface area contributed by atoms with Gasteiger partial charge in [0.25, 0.3) is 0 Å². The number of ether oxygens (including phenoxy) is 2. The first-order chi connectivity index (χ1) is 10.2. The summed E-state index contributed by atoms with van der Waals surface area (Å²) >= 11 is 0.